The number of anilines is 3. The van der Waals surface area contributed by atoms with Crippen LogP contribution < -0.4 is 22.3 Å². The van der Waals surface area contributed by atoms with Crippen LogP contribution in [0.1, 0.15) is 12.5 Å². The van der Waals surface area contributed by atoms with Crippen molar-refractivity contribution < 1.29 is 46.5 Å². The average molecular weight is 738 g/mol. The van der Waals surface area contributed by atoms with E-state index < -0.39 is 81.4 Å². The zero-order valence-corrected chi connectivity index (χ0v) is 27.3. The van der Waals surface area contributed by atoms with Gasteiger partial charge in [0.05, 0.1) is 25.9 Å². The van der Waals surface area contributed by atoms with Gasteiger partial charge in [-0.2, -0.15) is 15.0 Å². The van der Waals surface area contributed by atoms with Gasteiger partial charge in [0, 0.05) is 7.05 Å². The molecule has 3 saturated heterocycles. The third kappa shape index (κ3) is 5.91. The van der Waals surface area contributed by atoms with Crippen molar-refractivity contribution in [2.24, 2.45) is 0 Å². The predicted octanol–water partition coefficient (Wildman–Crippen LogP) is -0.269. The molecule has 0 spiro atoms. The Hall–Kier alpha value is -2.86. The van der Waals surface area contributed by atoms with Gasteiger partial charge in [-0.1, -0.05) is 12.2 Å². The maximum absolute atomic E-state index is 16.2. The molecule has 3 fully saturated rings. The Morgan fingerprint density at radius 3 is 2.45 bits per heavy atom. The van der Waals surface area contributed by atoms with E-state index in [1.54, 1.807) is 7.05 Å². The second kappa shape index (κ2) is 11.9. The number of thiol groups is 1. The smallest absolute Gasteiger partial charge is 0.386 e. The molecular weight excluding hydrogens is 711 g/mol. The van der Waals surface area contributed by atoms with Crippen molar-refractivity contribution in [1.82, 2.24) is 39.0 Å². The molecular formula is C21H26FN11O10P2S2. The van der Waals surface area contributed by atoms with Gasteiger partial charge in [-0.25, -0.2) is 18.9 Å². The number of H-pyrrole nitrogens is 1. The van der Waals surface area contributed by atoms with Crippen molar-refractivity contribution in [2.45, 2.75) is 49.1 Å². The largest absolute Gasteiger partial charge is 0.387 e. The second-order valence-corrected chi connectivity index (χ2v) is 16.2. The third-order valence-corrected chi connectivity index (χ3v) is 10.7. The Morgan fingerprint density at radius 2 is 1.70 bits per heavy atom. The summed E-state index contributed by atoms with van der Waals surface area (Å²) in [6, 6.07) is 0. The number of aromatic nitrogens is 8. The number of rotatable bonds is 3. The predicted molar refractivity (Wildman–Crippen MR) is 165 cm³/mol. The van der Waals surface area contributed by atoms with Crippen LogP contribution in [0, 0.1) is 0 Å². The molecule has 0 aromatic carbocycles. The van der Waals surface area contributed by atoms with Gasteiger partial charge in [0.15, 0.2) is 41.3 Å². The number of imidazole rings is 2. The number of nitrogens with one attached hydrogen (secondary N) is 2. The minimum atomic E-state index is -4.43. The summed E-state index contributed by atoms with van der Waals surface area (Å²) >= 11 is 9.24. The van der Waals surface area contributed by atoms with E-state index in [4.69, 9.17) is 50.8 Å². The highest BCUT2D eigenvalue weighted by Crippen LogP contribution is 2.58. The number of hydrogen-bond acceptors (Lipinski definition) is 18. The lowest BCUT2D eigenvalue weighted by Crippen LogP contribution is -2.35. The fraction of sp³-hybridized carbons (Fsp3) is 0.524. The van der Waals surface area contributed by atoms with Crippen molar-refractivity contribution in [3.8, 4) is 0 Å². The minimum Gasteiger partial charge on any atom is -0.387 e. The van der Waals surface area contributed by atoms with Crippen molar-refractivity contribution in [2.75, 3.05) is 37.0 Å². The highest BCUT2D eigenvalue weighted by molar-refractivity contribution is 8.44. The first kappa shape index (κ1) is 32.7. The molecule has 254 valence electrons. The fourth-order valence-corrected chi connectivity index (χ4v) is 8.34. The molecule has 0 aliphatic carbocycles. The number of aliphatic hydroxyl groups is 1. The van der Waals surface area contributed by atoms with Gasteiger partial charge in [0.25, 0.3) is 5.56 Å². The first-order chi connectivity index (χ1) is 22.2. The SMILES string of the molecule is CNc1nc(N)c2ncn([C@@H]3O[C@@H]4COP(=O)(S)O[C@H]5C(O)[C@@H](COP(O)(=S)O[C@@H]4C3F)O[C@H]5n3cnc4c(=O)[nH]c(N)nc43)c2n1. The van der Waals surface area contributed by atoms with E-state index in [-0.39, 0.29) is 40.0 Å². The monoisotopic (exact) mass is 737 g/mol. The molecule has 3 aliphatic rings. The molecule has 26 heteroatoms. The van der Waals surface area contributed by atoms with Crippen LogP contribution >= 0.6 is 25.8 Å². The Morgan fingerprint density at radius 1 is 1.04 bits per heavy atom. The van der Waals surface area contributed by atoms with Crippen LogP contribution in [0.25, 0.3) is 22.3 Å². The molecule has 4 unspecified atom stereocenters. The van der Waals surface area contributed by atoms with Crippen LogP contribution in [0.3, 0.4) is 0 Å². The summed E-state index contributed by atoms with van der Waals surface area (Å²) in [6.45, 7) is -9.98. The molecule has 10 atom stereocenters. The lowest BCUT2D eigenvalue weighted by molar-refractivity contribution is -0.0584. The van der Waals surface area contributed by atoms with E-state index in [0.29, 0.717) is 0 Å². The van der Waals surface area contributed by atoms with Crippen LogP contribution in [-0.2, 0) is 43.9 Å². The van der Waals surface area contributed by atoms with Gasteiger partial charge in [0.2, 0.25) is 11.9 Å². The number of aromatic amines is 1. The second-order valence-electron chi connectivity index (χ2n) is 10.5. The minimum absolute atomic E-state index is 0.0214. The number of nitrogens with zero attached hydrogens (tertiary/aromatic N) is 7. The zero-order chi connectivity index (χ0) is 33.4. The van der Waals surface area contributed by atoms with E-state index in [1.807, 2.05) is 0 Å². The highest BCUT2D eigenvalue weighted by atomic mass is 32.7. The Balaban J connectivity index is 1.21. The maximum Gasteiger partial charge on any atom is 0.386 e. The van der Waals surface area contributed by atoms with Gasteiger partial charge in [-0.15, -0.1) is 0 Å². The number of halogens is 1. The standard InChI is InChI=1S/C21H26FN11O10P2S2/c1-25-21-28-14(23)9-15(30-21)32(4-26-9)18-8(22)12-7(41-18)3-39-45(37,47)43-13-11(34)6(2-38-44(36,46)42-12)40-19(13)33-5-27-10-16(33)29-20(24)31-17(10)35/h4-8,11-13,18-19,34H,2-3H2,1H3,(H,36,46)(H,37,47)(H3,23,25,28,30)(H3,24,29,31,35)/t6-,7-,8?,11?,12+,13+,18-,19-,44?,45?/m1/s1. The lowest BCUT2D eigenvalue weighted by atomic mass is 10.1. The van der Waals surface area contributed by atoms with E-state index in [0.717, 1.165) is 0 Å². The molecule has 7 rings (SSSR count). The van der Waals surface area contributed by atoms with E-state index in [1.165, 1.54) is 21.8 Å². The summed E-state index contributed by atoms with van der Waals surface area (Å²) in [5.74, 6) is -0.0822. The number of hydrogen-bond donors (Lipinski definition) is 7. The molecule has 0 saturated carbocycles. The zero-order valence-electron chi connectivity index (χ0n) is 23.8. The summed E-state index contributed by atoms with van der Waals surface area (Å²) in [4.78, 5) is 46.3. The molecule has 4 aromatic heterocycles. The fourth-order valence-electron chi connectivity index (χ4n) is 5.44. The van der Waals surface area contributed by atoms with Gasteiger partial charge >= 0.3 is 13.5 Å². The molecule has 8 N–H and O–H groups in total. The van der Waals surface area contributed by atoms with Gasteiger partial charge < -0.3 is 40.8 Å². The summed E-state index contributed by atoms with van der Waals surface area (Å²) in [6.07, 6.45) is -9.86. The molecule has 47 heavy (non-hydrogen) atoms. The van der Waals surface area contributed by atoms with Gasteiger partial charge in [0.1, 0.15) is 36.0 Å². The molecule has 4 aromatic rings. The van der Waals surface area contributed by atoms with Crippen LogP contribution in [-0.4, -0.2) is 106 Å². The average Bonchev–Trinajstić information content (AvgIpc) is 3.76. The number of nitrogen functional groups attached to an aromatic ring is 2. The maximum atomic E-state index is 16.2. The summed E-state index contributed by atoms with van der Waals surface area (Å²) in [5.41, 5.74) is 11.2. The molecule has 2 bridgehead atoms. The molecule has 21 nitrogen and oxygen atoms in total. The number of alkyl halides is 1. The number of ether oxygens (including phenoxy) is 2. The normalized spacial score (nSPS) is 36.5. The topological polar surface area (TPSA) is 284 Å². The van der Waals surface area contributed by atoms with Crippen LogP contribution in [0.15, 0.2) is 17.4 Å². The van der Waals surface area contributed by atoms with Gasteiger partial charge in [-0.05, 0) is 11.8 Å². The van der Waals surface area contributed by atoms with Crippen molar-refractivity contribution >= 4 is 77.6 Å². The molecule has 0 amide bonds. The third-order valence-electron chi connectivity index (χ3n) is 7.56. The van der Waals surface area contributed by atoms with E-state index in [9.17, 15) is 19.4 Å². The summed E-state index contributed by atoms with van der Waals surface area (Å²) < 4.78 is 66.3. The van der Waals surface area contributed by atoms with E-state index in [2.05, 4.69) is 47.5 Å². The van der Waals surface area contributed by atoms with Crippen molar-refractivity contribution in [3.63, 3.8) is 0 Å². The van der Waals surface area contributed by atoms with Crippen molar-refractivity contribution in [3.05, 3.63) is 23.0 Å². The van der Waals surface area contributed by atoms with Crippen LogP contribution in [0.5, 0.6) is 0 Å². The number of fused-ring (bicyclic) bond motifs is 5. The van der Waals surface area contributed by atoms with Gasteiger partial charge in [-0.3, -0.25) is 32.5 Å². The Bertz CT molecular complexity index is 2020. The first-order valence-electron chi connectivity index (χ1n) is 13.6. The summed E-state index contributed by atoms with van der Waals surface area (Å²) in [7, 11) is 1.56. The van der Waals surface area contributed by atoms with Crippen LogP contribution in [0.2, 0.25) is 0 Å². The molecule has 0 radical (unpaired) electrons. The first-order valence-corrected chi connectivity index (χ1v) is 18.9. The number of nitrogens with two attached hydrogens (primary N) is 2. The highest BCUT2D eigenvalue weighted by Gasteiger charge is 2.53. The summed E-state index contributed by atoms with van der Waals surface area (Å²) in [5, 5.41) is 13.9. The molecule has 3 aliphatic heterocycles. The number of aliphatic hydroxyl groups excluding tert-OH is 1. The quantitative estimate of drug-likeness (QED) is 0.105. The van der Waals surface area contributed by atoms with Crippen LogP contribution in [0.4, 0.5) is 22.1 Å². The Labute approximate surface area is 272 Å². The molecule has 7 heterocycles. The lowest BCUT2D eigenvalue weighted by Gasteiger charge is -2.27. The van der Waals surface area contributed by atoms with E-state index >= 15 is 4.39 Å². The Kier molecular flexibility index (Phi) is 8.29. The van der Waals surface area contributed by atoms with Crippen molar-refractivity contribution in [1.29, 1.82) is 0 Å².